The van der Waals surface area contributed by atoms with Crippen molar-refractivity contribution in [2.45, 2.75) is 39.0 Å². The molecule has 1 amide bonds. The molecular weight excluding hydrogens is 198 g/mol. The number of rotatable bonds is 6. The summed E-state index contributed by atoms with van der Waals surface area (Å²) in [5.41, 5.74) is 1.11. The normalized spacial score (nSPS) is 12.1. The van der Waals surface area contributed by atoms with Crippen LogP contribution in [0.25, 0.3) is 0 Å². The van der Waals surface area contributed by atoms with Crippen molar-refractivity contribution in [2.24, 2.45) is 0 Å². The summed E-state index contributed by atoms with van der Waals surface area (Å²) in [5, 5.41) is 2.99. The lowest BCUT2D eigenvalue weighted by Crippen LogP contribution is -2.29. The van der Waals surface area contributed by atoms with Crippen LogP contribution in [0, 0.1) is 0 Å². The Bertz CT molecular complexity index is 308. The minimum absolute atomic E-state index is 0.00180. The molecule has 0 aliphatic carbocycles. The van der Waals surface area contributed by atoms with Gasteiger partial charge in [0, 0.05) is 6.54 Å². The van der Waals surface area contributed by atoms with Crippen LogP contribution < -0.4 is 5.32 Å². The maximum atomic E-state index is 11.9. The Morgan fingerprint density at radius 2 is 1.94 bits per heavy atom. The maximum absolute atomic E-state index is 11.9. The zero-order chi connectivity index (χ0) is 11.8. The third kappa shape index (κ3) is 3.69. The molecule has 1 N–H and O–H groups in total. The minimum Gasteiger partial charge on any atom is -0.356 e. The number of amides is 1. The van der Waals surface area contributed by atoms with Gasteiger partial charge in [0.25, 0.3) is 0 Å². The Hall–Kier alpha value is -1.31. The van der Waals surface area contributed by atoms with Gasteiger partial charge in [-0.2, -0.15) is 0 Å². The number of hydrogen-bond donors (Lipinski definition) is 1. The SMILES string of the molecule is CCCCNC(=O)[C@@H](CC)c1ccccc1. The molecule has 0 saturated heterocycles. The average Bonchev–Trinajstić information content (AvgIpc) is 2.32. The van der Waals surface area contributed by atoms with Crippen LogP contribution in [-0.2, 0) is 4.79 Å². The van der Waals surface area contributed by atoms with Crippen molar-refractivity contribution in [3.63, 3.8) is 0 Å². The van der Waals surface area contributed by atoms with Crippen molar-refractivity contribution in [1.29, 1.82) is 0 Å². The van der Waals surface area contributed by atoms with E-state index in [4.69, 9.17) is 0 Å². The molecule has 1 aromatic rings. The van der Waals surface area contributed by atoms with E-state index in [9.17, 15) is 4.79 Å². The van der Waals surface area contributed by atoms with Gasteiger partial charge in [0.2, 0.25) is 5.91 Å². The number of carbonyl (C=O) groups excluding carboxylic acids is 1. The predicted octanol–water partition coefficient (Wildman–Crippen LogP) is 3.10. The Morgan fingerprint density at radius 1 is 1.25 bits per heavy atom. The molecule has 16 heavy (non-hydrogen) atoms. The summed E-state index contributed by atoms with van der Waals surface area (Å²) < 4.78 is 0. The third-order valence-electron chi connectivity index (χ3n) is 2.76. The van der Waals surface area contributed by atoms with Crippen LogP contribution in [0.3, 0.4) is 0 Å². The van der Waals surface area contributed by atoms with Gasteiger partial charge in [-0.25, -0.2) is 0 Å². The molecular formula is C14H21NO. The average molecular weight is 219 g/mol. The third-order valence-corrected chi connectivity index (χ3v) is 2.76. The summed E-state index contributed by atoms with van der Waals surface area (Å²) in [5.74, 6) is 0.153. The van der Waals surface area contributed by atoms with E-state index in [0.29, 0.717) is 0 Å². The number of hydrogen-bond acceptors (Lipinski definition) is 1. The summed E-state index contributed by atoms with van der Waals surface area (Å²) in [6.07, 6.45) is 3.02. The van der Waals surface area contributed by atoms with Gasteiger partial charge in [0.15, 0.2) is 0 Å². The first-order chi connectivity index (χ1) is 7.79. The van der Waals surface area contributed by atoms with E-state index in [1.165, 1.54) is 0 Å². The molecule has 0 unspecified atom stereocenters. The van der Waals surface area contributed by atoms with Gasteiger partial charge in [0.05, 0.1) is 5.92 Å². The number of unbranched alkanes of at least 4 members (excludes halogenated alkanes) is 1. The minimum atomic E-state index is -0.00180. The van der Waals surface area contributed by atoms with Crippen LogP contribution in [-0.4, -0.2) is 12.5 Å². The molecule has 2 heteroatoms. The fourth-order valence-corrected chi connectivity index (χ4v) is 1.77. The molecule has 0 fully saturated rings. The van der Waals surface area contributed by atoms with Crippen LogP contribution in [0.2, 0.25) is 0 Å². The Labute approximate surface area is 98.1 Å². The van der Waals surface area contributed by atoms with E-state index in [-0.39, 0.29) is 11.8 Å². The standard InChI is InChI=1S/C14H21NO/c1-3-5-11-15-14(16)13(4-2)12-9-7-6-8-10-12/h6-10,13H,3-5,11H2,1-2H3,(H,15,16)/t13-/m0/s1. The molecule has 2 nitrogen and oxygen atoms in total. The lowest BCUT2D eigenvalue weighted by molar-refractivity contribution is -0.122. The molecule has 1 rings (SSSR count). The van der Waals surface area contributed by atoms with Crippen molar-refractivity contribution in [1.82, 2.24) is 5.32 Å². The van der Waals surface area contributed by atoms with E-state index >= 15 is 0 Å². The molecule has 0 spiro atoms. The first-order valence-corrected chi connectivity index (χ1v) is 6.12. The first-order valence-electron chi connectivity index (χ1n) is 6.12. The summed E-state index contributed by atoms with van der Waals surface area (Å²) in [6, 6.07) is 9.99. The fraction of sp³-hybridized carbons (Fsp3) is 0.500. The van der Waals surface area contributed by atoms with Gasteiger partial charge >= 0.3 is 0 Å². The topological polar surface area (TPSA) is 29.1 Å². The molecule has 1 aromatic carbocycles. The molecule has 0 bridgehead atoms. The maximum Gasteiger partial charge on any atom is 0.227 e. The summed E-state index contributed by atoms with van der Waals surface area (Å²) in [4.78, 5) is 11.9. The second-order valence-electron chi connectivity index (χ2n) is 4.02. The molecule has 0 aliphatic heterocycles. The second-order valence-corrected chi connectivity index (χ2v) is 4.02. The van der Waals surface area contributed by atoms with Crippen LogP contribution in [0.5, 0.6) is 0 Å². The van der Waals surface area contributed by atoms with E-state index in [1.807, 2.05) is 30.3 Å². The van der Waals surface area contributed by atoms with Gasteiger partial charge in [-0.05, 0) is 18.4 Å². The van der Waals surface area contributed by atoms with Crippen LogP contribution >= 0.6 is 0 Å². The van der Waals surface area contributed by atoms with Crippen molar-refractivity contribution in [3.05, 3.63) is 35.9 Å². The Morgan fingerprint density at radius 3 is 2.50 bits per heavy atom. The molecule has 0 heterocycles. The molecule has 0 aromatic heterocycles. The van der Waals surface area contributed by atoms with Gasteiger partial charge in [0.1, 0.15) is 0 Å². The molecule has 0 saturated carbocycles. The molecule has 0 radical (unpaired) electrons. The predicted molar refractivity (Wildman–Crippen MR) is 67.4 cm³/mol. The van der Waals surface area contributed by atoms with Gasteiger partial charge < -0.3 is 5.32 Å². The number of nitrogens with one attached hydrogen (secondary N) is 1. The largest absolute Gasteiger partial charge is 0.356 e. The quantitative estimate of drug-likeness (QED) is 0.732. The van der Waals surface area contributed by atoms with Gasteiger partial charge in [-0.1, -0.05) is 50.6 Å². The lowest BCUT2D eigenvalue weighted by atomic mass is 9.96. The highest BCUT2D eigenvalue weighted by atomic mass is 16.1. The van der Waals surface area contributed by atoms with Crippen molar-refractivity contribution >= 4 is 5.91 Å². The number of benzene rings is 1. The van der Waals surface area contributed by atoms with Crippen molar-refractivity contribution < 1.29 is 4.79 Å². The highest BCUT2D eigenvalue weighted by Gasteiger charge is 2.17. The van der Waals surface area contributed by atoms with Crippen LogP contribution in [0.15, 0.2) is 30.3 Å². The summed E-state index contributed by atoms with van der Waals surface area (Å²) in [6.45, 7) is 4.97. The lowest BCUT2D eigenvalue weighted by Gasteiger charge is -2.15. The van der Waals surface area contributed by atoms with E-state index in [0.717, 1.165) is 31.4 Å². The second kappa shape index (κ2) is 7.04. The molecule has 0 aliphatic rings. The van der Waals surface area contributed by atoms with Crippen LogP contribution in [0.4, 0.5) is 0 Å². The van der Waals surface area contributed by atoms with E-state index < -0.39 is 0 Å². The van der Waals surface area contributed by atoms with E-state index in [2.05, 4.69) is 19.2 Å². The van der Waals surface area contributed by atoms with E-state index in [1.54, 1.807) is 0 Å². The fourth-order valence-electron chi connectivity index (χ4n) is 1.77. The smallest absolute Gasteiger partial charge is 0.227 e. The summed E-state index contributed by atoms with van der Waals surface area (Å²) >= 11 is 0. The number of carbonyl (C=O) groups is 1. The van der Waals surface area contributed by atoms with Gasteiger partial charge in [-0.15, -0.1) is 0 Å². The Kier molecular flexibility index (Phi) is 5.62. The summed E-state index contributed by atoms with van der Waals surface area (Å²) in [7, 11) is 0. The van der Waals surface area contributed by atoms with Gasteiger partial charge in [-0.3, -0.25) is 4.79 Å². The molecule has 1 atom stereocenters. The first kappa shape index (κ1) is 12.8. The Balaban J connectivity index is 2.57. The van der Waals surface area contributed by atoms with Crippen molar-refractivity contribution in [3.8, 4) is 0 Å². The van der Waals surface area contributed by atoms with Crippen molar-refractivity contribution in [2.75, 3.05) is 6.54 Å². The highest BCUT2D eigenvalue weighted by Crippen LogP contribution is 2.18. The molecule has 88 valence electrons. The highest BCUT2D eigenvalue weighted by molar-refractivity contribution is 5.83. The monoisotopic (exact) mass is 219 g/mol. The zero-order valence-electron chi connectivity index (χ0n) is 10.2. The van der Waals surface area contributed by atoms with Crippen LogP contribution in [0.1, 0.15) is 44.6 Å². The zero-order valence-corrected chi connectivity index (χ0v) is 10.2.